The number of allylic oxidation sites excluding steroid dienone is 1. The van der Waals surface area contributed by atoms with E-state index in [-0.39, 0.29) is 0 Å². The van der Waals surface area contributed by atoms with Gasteiger partial charge in [-0.15, -0.1) is 11.3 Å². The van der Waals surface area contributed by atoms with Gasteiger partial charge in [0.2, 0.25) is 0 Å². The number of aryl methyl sites for hydroxylation is 1. The third-order valence-electron chi connectivity index (χ3n) is 3.01. The molecule has 0 aliphatic carbocycles. The summed E-state index contributed by atoms with van der Waals surface area (Å²) in [6.07, 6.45) is 3.30. The summed E-state index contributed by atoms with van der Waals surface area (Å²) in [5.74, 6) is 0.653. The zero-order valence-electron chi connectivity index (χ0n) is 11.4. The normalized spacial score (nSPS) is 11.3. The molecule has 3 rings (SSSR count). The van der Waals surface area contributed by atoms with Crippen LogP contribution in [0, 0.1) is 18.3 Å². The third kappa shape index (κ3) is 2.78. The van der Waals surface area contributed by atoms with E-state index in [2.05, 4.69) is 11.1 Å². The van der Waals surface area contributed by atoms with Crippen LogP contribution in [0.2, 0.25) is 0 Å². The molecule has 1 aromatic carbocycles. The second-order valence-corrected chi connectivity index (χ2v) is 5.48. The molecular weight excluding hydrogens is 280 g/mol. The van der Waals surface area contributed by atoms with E-state index in [1.54, 1.807) is 18.4 Å². The highest BCUT2D eigenvalue weighted by Crippen LogP contribution is 2.33. The lowest BCUT2D eigenvalue weighted by Crippen LogP contribution is -1.80. The molecule has 102 valence electrons. The van der Waals surface area contributed by atoms with Gasteiger partial charge in [0.25, 0.3) is 0 Å². The first-order valence-corrected chi connectivity index (χ1v) is 7.28. The van der Waals surface area contributed by atoms with Crippen LogP contribution in [0.5, 0.6) is 0 Å². The minimum Gasteiger partial charge on any atom is -0.465 e. The van der Waals surface area contributed by atoms with Crippen LogP contribution < -0.4 is 0 Å². The van der Waals surface area contributed by atoms with Crippen LogP contribution in [0.4, 0.5) is 0 Å². The van der Waals surface area contributed by atoms with Crippen LogP contribution in [-0.2, 0) is 0 Å². The molecule has 0 N–H and O–H groups in total. The molecule has 0 aliphatic rings. The summed E-state index contributed by atoms with van der Waals surface area (Å²) in [5.41, 5.74) is 2.57. The first kappa shape index (κ1) is 13.3. The molecule has 0 radical (unpaired) electrons. The summed E-state index contributed by atoms with van der Waals surface area (Å²) >= 11 is 1.52. The average Bonchev–Trinajstić information content (AvgIpc) is 3.15. The molecule has 0 amide bonds. The molecular formula is C17H12N2OS. The first-order valence-electron chi connectivity index (χ1n) is 6.46. The molecule has 0 spiro atoms. The van der Waals surface area contributed by atoms with E-state index in [4.69, 9.17) is 4.42 Å². The zero-order valence-corrected chi connectivity index (χ0v) is 12.2. The minimum atomic E-state index is 0.514. The highest BCUT2D eigenvalue weighted by atomic mass is 32.1. The number of nitriles is 1. The van der Waals surface area contributed by atoms with Gasteiger partial charge in [-0.25, -0.2) is 4.98 Å². The Labute approximate surface area is 126 Å². The van der Waals surface area contributed by atoms with Crippen LogP contribution >= 0.6 is 11.3 Å². The molecule has 0 saturated carbocycles. The van der Waals surface area contributed by atoms with Gasteiger partial charge < -0.3 is 4.42 Å². The van der Waals surface area contributed by atoms with E-state index in [1.807, 2.05) is 43.3 Å². The number of nitrogens with zero attached hydrogens (tertiary/aromatic N) is 2. The van der Waals surface area contributed by atoms with E-state index >= 15 is 0 Å². The maximum atomic E-state index is 9.36. The largest absolute Gasteiger partial charge is 0.465 e. The predicted octanol–water partition coefficient (Wildman–Crippen LogP) is 4.78. The van der Waals surface area contributed by atoms with Gasteiger partial charge in [-0.1, -0.05) is 30.3 Å². The van der Waals surface area contributed by atoms with E-state index in [0.29, 0.717) is 16.3 Å². The Morgan fingerprint density at radius 2 is 2.05 bits per heavy atom. The fraction of sp³-hybridized carbons (Fsp3) is 0.0588. The summed E-state index contributed by atoms with van der Waals surface area (Å²) in [6.45, 7) is 1.96. The average molecular weight is 292 g/mol. The monoisotopic (exact) mass is 292 g/mol. The first-order chi connectivity index (χ1) is 10.3. The van der Waals surface area contributed by atoms with E-state index in [1.165, 1.54) is 11.3 Å². The zero-order chi connectivity index (χ0) is 14.7. The molecule has 3 aromatic rings. The van der Waals surface area contributed by atoms with Gasteiger partial charge in [-0.3, -0.25) is 0 Å². The Hall–Kier alpha value is -2.64. The number of aromatic nitrogens is 1. The van der Waals surface area contributed by atoms with Gasteiger partial charge in [-0.05, 0) is 24.6 Å². The number of thiazole rings is 1. The molecule has 2 heterocycles. The Balaban J connectivity index is 2.03. The predicted molar refractivity (Wildman–Crippen MR) is 84.5 cm³/mol. The number of rotatable bonds is 3. The van der Waals surface area contributed by atoms with Crippen molar-refractivity contribution in [2.75, 3.05) is 0 Å². The van der Waals surface area contributed by atoms with Crippen molar-refractivity contribution >= 4 is 23.0 Å². The Kier molecular flexibility index (Phi) is 3.67. The quantitative estimate of drug-likeness (QED) is 0.653. The smallest absolute Gasteiger partial charge is 0.134 e. The lowest BCUT2D eigenvalue weighted by Gasteiger charge is -1.96. The van der Waals surface area contributed by atoms with Crippen molar-refractivity contribution in [2.24, 2.45) is 0 Å². The standard InChI is InChI=1S/C17H12N2OS/c1-12-16(13-6-3-2-4-7-13)21-17(19-12)14(11-18)10-15-8-5-9-20-15/h2-10H,1H3. The highest BCUT2D eigenvalue weighted by molar-refractivity contribution is 7.16. The summed E-state index contributed by atoms with van der Waals surface area (Å²) in [6, 6.07) is 15.9. The van der Waals surface area contributed by atoms with Gasteiger partial charge in [0.1, 0.15) is 16.8 Å². The molecule has 0 fully saturated rings. The second-order valence-electron chi connectivity index (χ2n) is 4.48. The van der Waals surface area contributed by atoms with Crippen LogP contribution in [0.25, 0.3) is 22.1 Å². The maximum absolute atomic E-state index is 9.36. The third-order valence-corrected chi connectivity index (χ3v) is 4.25. The summed E-state index contributed by atoms with van der Waals surface area (Å²) < 4.78 is 5.26. The van der Waals surface area contributed by atoms with E-state index < -0.39 is 0 Å². The van der Waals surface area contributed by atoms with E-state index in [9.17, 15) is 5.26 Å². The van der Waals surface area contributed by atoms with Crippen LogP contribution in [0.15, 0.2) is 53.1 Å². The fourth-order valence-electron chi connectivity index (χ4n) is 2.03. The Morgan fingerprint density at radius 3 is 2.71 bits per heavy atom. The lowest BCUT2D eigenvalue weighted by atomic mass is 10.2. The fourth-order valence-corrected chi connectivity index (χ4v) is 3.06. The SMILES string of the molecule is Cc1nc(C(C#N)=Cc2ccco2)sc1-c1ccccc1. The van der Waals surface area contributed by atoms with Gasteiger partial charge in [0.05, 0.1) is 22.4 Å². The number of hydrogen-bond acceptors (Lipinski definition) is 4. The summed E-state index contributed by atoms with van der Waals surface area (Å²) in [7, 11) is 0. The molecule has 0 atom stereocenters. The van der Waals surface area contributed by atoms with Crippen LogP contribution in [-0.4, -0.2) is 4.98 Å². The lowest BCUT2D eigenvalue weighted by molar-refractivity contribution is 0.557. The molecule has 0 saturated heterocycles. The summed E-state index contributed by atoms with van der Waals surface area (Å²) in [5, 5.41) is 10.1. The van der Waals surface area contributed by atoms with Crippen molar-refractivity contribution in [3.63, 3.8) is 0 Å². The molecule has 21 heavy (non-hydrogen) atoms. The number of benzene rings is 1. The van der Waals surface area contributed by atoms with Crippen molar-refractivity contribution in [1.82, 2.24) is 4.98 Å². The van der Waals surface area contributed by atoms with Gasteiger partial charge in [-0.2, -0.15) is 5.26 Å². The van der Waals surface area contributed by atoms with Gasteiger partial charge >= 0.3 is 0 Å². The Morgan fingerprint density at radius 1 is 1.24 bits per heavy atom. The van der Waals surface area contributed by atoms with Gasteiger partial charge in [0, 0.05) is 6.08 Å². The van der Waals surface area contributed by atoms with Crippen molar-refractivity contribution in [2.45, 2.75) is 6.92 Å². The molecule has 0 bridgehead atoms. The topological polar surface area (TPSA) is 49.8 Å². The van der Waals surface area contributed by atoms with Crippen LogP contribution in [0.1, 0.15) is 16.5 Å². The van der Waals surface area contributed by atoms with E-state index in [0.717, 1.165) is 16.1 Å². The molecule has 2 aromatic heterocycles. The Bertz CT molecular complexity index is 808. The minimum absolute atomic E-state index is 0.514. The molecule has 4 heteroatoms. The van der Waals surface area contributed by atoms with Crippen molar-refractivity contribution < 1.29 is 4.42 Å². The number of furan rings is 1. The van der Waals surface area contributed by atoms with Crippen molar-refractivity contribution in [1.29, 1.82) is 5.26 Å². The second kappa shape index (κ2) is 5.78. The van der Waals surface area contributed by atoms with Crippen LogP contribution in [0.3, 0.4) is 0 Å². The summed E-state index contributed by atoms with van der Waals surface area (Å²) in [4.78, 5) is 5.61. The number of hydrogen-bond donors (Lipinski definition) is 0. The van der Waals surface area contributed by atoms with Crippen molar-refractivity contribution in [3.8, 4) is 16.5 Å². The molecule has 0 unspecified atom stereocenters. The maximum Gasteiger partial charge on any atom is 0.134 e. The molecule has 0 aliphatic heterocycles. The molecule has 3 nitrogen and oxygen atoms in total. The van der Waals surface area contributed by atoms with Crippen molar-refractivity contribution in [3.05, 3.63) is 65.2 Å². The van der Waals surface area contributed by atoms with Gasteiger partial charge in [0.15, 0.2) is 0 Å². The highest BCUT2D eigenvalue weighted by Gasteiger charge is 2.13.